The topological polar surface area (TPSA) is 35.5 Å². The fourth-order valence-electron chi connectivity index (χ4n) is 2.38. The molecular weight excluding hydrogens is 511 g/mol. The third-order valence-electron chi connectivity index (χ3n) is 4.16. The molecule has 0 spiro atoms. The van der Waals surface area contributed by atoms with Crippen LogP contribution in [0.2, 0.25) is 0 Å². The maximum atomic E-state index is 14.0. The number of carbonyl (C=O) groups is 1. The number of hydrogen-bond acceptors (Lipinski definition) is 3. The van der Waals surface area contributed by atoms with Gasteiger partial charge in [-0.15, -0.1) is 0 Å². The van der Waals surface area contributed by atoms with Crippen molar-refractivity contribution in [2.45, 2.75) is 49.3 Å². The fraction of sp³-hybridized carbons (Fsp3) is 0.500. The molecule has 3 nitrogen and oxygen atoms in total. The molecule has 0 amide bonds. The molecule has 0 radical (unpaired) electrons. The standard InChI is InChI=1S/C18H13F13O3/c1-9(2)12(32)33-8-7-10-3-5-11(6-4-10)34-13(16(23,24)25,17(26,27)28)14(19,20)15(21,22)18(29,30)31/h3-6H,1,7-8H2,2H3. The van der Waals surface area contributed by atoms with Gasteiger partial charge in [-0.1, -0.05) is 18.7 Å². The lowest BCUT2D eigenvalue weighted by Gasteiger charge is -2.44. The molecule has 0 saturated heterocycles. The van der Waals surface area contributed by atoms with E-state index >= 15 is 0 Å². The van der Waals surface area contributed by atoms with Gasteiger partial charge in [0.15, 0.2) is 0 Å². The maximum Gasteiger partial charge on any atom is 0.460 e. The second-order valence-electron chi connectivity index (χ2n) is 6.74. The van der Waals surface area contributed by atoms with Gasteiger partial charge in [0, 0.05) is 12.0 Å². The average Bonchev–Trinajstić information content (AvgIpc) is 2.63. The summed E-state index contributed by atoms with van der Waals surface area (Å²) in [5, 5.41) is 0. The van der Waals surface area contributed by atoms with Crippen molar-refractivity contribution < 1.29 is 71.3 Å². The summed E-state index contributed by atoms with van der Waals surface area (Å²) in [5.41, 5.74) is -7.26. The molecule has 0 atom stereocenters. The number of carbonyl (C=O) groups excluding carboxylic acids is 1. The number of rotatable bonds is 8. The predicted molar refractivity (Wildman–Crippen MR) is 87.3 cm³/mol. The minimum absolute atomic E-state index is 0.00373. The molecule has 0 saturated carbocycles. The molecule has 0 N–H and O–H groups in total. The Balaban J connectivity index is 3.46. The number of halogens is 13. The van der Waals surface area contributed by atoms with Gasteiger partial charge in [-0.2, -0.15) is 57.1 Å². The van der Waals surface area contributed by atoms with Crippen LogP contribution in [0, 0.1) is 0 Å². The average molecular weight is 524 g/mol. The third kappa shape index (κ3) is 5.19. The van der Waals surface area contributed by atoms with Crippen molar-refractivity contribution in [1.29, 1.82) is 0 Å². The largest absolute Gasteiger partial charge is 0.464 e. The fourth-order valence-corrected chi connectivity index (χ4v) is 2.38. The maximum absolute atomic E-state index is 14.0. The van der Waals surface area contributed by atoms with E-state index in [9.17, 15) is 61.9 Å². The van der Waals surface area contributed by atoms with Crippen LogP contribution >= 0.6 is 0 Å². The Morgan fingerprint density at radius 2 is 1.21 bits per heavy atom. The summed E-state index contributed by atoms with van der Waals surface area (Å²) in [7, 11) is 0. The predicted octanol–water partition coefficient (Wildman–Crippen LogP) is 6.42. The monoisotopic (exact) mass is 524 g/mol. The molecule has 0 fully saturated rings. The van der Waals surface area contributed by atoms with Crippen LogP contribution in [0.1, 0.15) is 12.5 Å². The van der Waals surface area contributed by atoms with E-state index in [1.807, 2.05) is 0 Å². The Labute approximate surface area is 182 Å². The minimum Gasteiger partial charge on any atom is -0.464 e. The molecule has 0 aliphatic heterocycles. The smallest absolute Gasteiger partial charge is 0.460 e. The molecule has 0 aromatic heterocycles. The summed E-state index contributed by atoms with van der Waals surface area (Å²) in [4.78, 5) is 11.2. The highest BCUT2D eigenvalue weighted by molar-refractivity contribution is 5.86. The van der Waals surface area contributed by atoms with E-state index in [1.165, 1.54) is 6.92 Å². The van der Waals surface area contributed by atoms with Crippen molar-refractivity contribution in [1.82, 2.24) is 0 Å². The van der Waals surface area contributed by atoms with E-state index in [4.69, 9.17) is 0 Å². The lowest BCUT2D eigenvalue weighted by atomic mass is 9.88. The molecule has 0 bridgehead atoms. The highest BCUT2D eigenvalue weighted by atomic mass is 19.4. The van der Waals surface area contributed by atoms with Gasteiger partial charge in [-0.05, 0) is 24.6 Å². The van der Waals surface area contributed by atoms with E-state index in [1.54, 1.807) is 0 Å². The Bertz CT molecular complexity index is 866. The highest BCUT2D eigenvalue weighted by Crippen LogP contribution is 2.61. The van der Waals surface area contributed by atoms with E-state index in [0.717, 1.165) is 0 Å². The Morgan fingerprint density at radius 1 is 0.765 bits per heavy atom. The van der Waals surface area contributed by atoms with E-state index in [0.29, 0.717) is 12.1 Å². The minimum atomic E-state index is -7.90. The van der Waals surface area contributed by atoms with Gasteiger partial charge in [0.1, 0.15) is 5.75 Å². The van der Waals surface area contributed by atoms with Gasteiger partial charge >= 0.3 is 41.9 Å². The molecule has 1 aromatic carbocycles. The lowest BCUT2D eigenvalue weighted by Crippen LogP contribution is -2.77. The molecule has 0 unspecified atom stereocenters. The number of alkyl halides is 13. The van der Waals surface area contributed by atoms with Crippen molar-refractivity contribution in [3.8, 4) is 5.75 Å². The van der Waals surface area contributed by atoms with Crippen LogP contribution in [0.4, 0.5) is 57.1 Å². The van der Waals surface area contributed by atoms with Gasteiger partial charge < -0.3 is 9.47 Å². The highest BCUT2D eigenvalue weighted by Gasteiger charge is 2.94. The van der Waals surface area contributed by atoms with Crippen molar-refractivity contribution >= 4 is 5.97 Å². The number of benzene rings is 1. The summed E-state index contributed by atoms with van der Waals surface area (Å²) in [6.45, 7) is 4.19. The third-order valence-corrected chi connectivity index (χ3v) is 4.16. The van der Waals surface area contributed by atoms with Gasteiger partial charge in [0.05, 0.1) is 6.61 Å². The molecular formula is C18H13F13O3. The van der Waals surface area contributed by atoms with Crippen LogP contribution in [-0.4, -0.2) is 48.6 Å². The van der Waals surface area contributed by atoms with Crippen LogP contribution < -0.4 is 4.74 Å². The molecule has 0 aliphatic carbocycles. The second kappa shape index (κ2) is 9.17. The van der Waals surface area contributed by atoms with Crippen molar-refractivity contribution in [3.05, 3.63) is 42.0 Å². The van der Waals surface area contributed by atoms with Crippen LogP contribution in [-0.2, 0) is 16.0 Å². The van der Waals surface area contributed by atoms with Crippen molar-refractivity contribution in [3.63, 3.8) is 0 Å². The summed E-state index contributed by atoms with van der Waals surface area (Å²) < 4.78 is 179. The zero-order chi connectivity index (χ0) is 27.0. The summed E-state index contributed by atoms with van der Waals surface area (Å²) in [6.07, 6.45) is -22.7. The first kappa shape index (κ1) is 29.4. The van der Waals surface area contributed by atoms with E-state index in [-0.39, 0.29) is 36.3 Å². The zero-order valence-corrected chi connectivity index (χ0v) is 16.6. The molecule has 34 heavy (non-hydrogen) atoms. The SMILES string of the molecule is C=C(C)C(=O)OCCc1ccc(OC(C(F)(F)F)(C(F)(F)F)C(F)(F)C(F)(F)C(F)(F)F)cc1. The first-order chi connectivity index (χ1) is 15.0. The number of ether oxygens (including phenoxy) is 2. The van der Waals surface area contributed by atoms with Crippen molar-refractivity contribution in [2.24, 2.45) is 0 Å². The van der Waals surface area contributed by atoms with Gasteiger partial charge in [-0.25, -0.2) is 4.79 Å². The first-order valence-electron chi connectivity index (χ1n) is 8.59. The van der Waals surface area contributed by atoms with Gasteiger partial charge in [-0.3, -0.25) is 0 Å². The van der Waals surface area contributed by atoms with Crippen LogP contribution in [0.15, 0.2) is 36.4 Å². The summed E-state index contributed by atoms with van der Waals surface area (Å²) in [5.74, 6) is -18.3. The van der Waals surface area contributed by atoms with Crippen LogP contribution in [0.25, 0.3) is 0 Å². The van der Waals surface area contributed by atoms with E-state index < -0.39 is 47.7 Å². The van der Waals surface area contributed by atoms with Crippen molar-refractivity contribution in [2.75, 3.05) is 6.61 Å². The Hall–Kier alpha value is -2.68. The first-order valence-corrected chi connectivity index (χ1v) is 8.59. The van der Waals surface area contributed by atoms with Gasteiger partial charge in [0.25, 0.3) is 0 Å². The molecule has 1 aromatic rings. The molecule has 1 rings (SSSR count). The lowest BCUT2D eigenvalue weighted by molar-refractivity contribution is -0.466. The quantitative estimate of drug-likeness (QED) is 0.224. The van der Waals surface area contributed by atoms with Crippen LogP contribution in [0.3, 0.4) is 0 Å². The molecule has 0 heterocycles. The molecule has 194 valence electrons. The number of hydrogen-bond donors (Lipinski definition) is 0. The second-order valence-corrected chi connectivity index (χ2v) is 6.74. The number of esters is 1. The summed E-state index contributed by atoms with van der Waals surface area (Å²) in [6, 6.07) is 1.76. The van der Waals surface area contributed by atoms with Gasteiger partial charge in [0.2, 0.25) is 0 Å². The van der Waals surface area contributed by atoms with E-state index in [2.05, 4.69) is 16.1 Å². The Kier molecular flexibility index (Phi) is 7.91. The molecule has 0 aliphatic rings. The zero-order valence-electron chi connectivity index (χ0n) is 16.6. The van der Waals surface area contributed by atoms with Crippen LogP contribution in [0.5, 0.6) is 5.75 Å². The normalized spacial score (nSPS) is 14.1. The summed E-state index contributed by atoms with van der Waals surface area (Å²) >= 11 is 0. The molecule has 16 heteroatoms. The Morgan fingerprint density at radius 3 is 1.56 bits per heavy atom.